The Bertz CT molecular complexity index is 852. The number of carbonyl (C=O) groups excluding carboxylic acids is 1. The third-order valence-corrected chi connectivity index (χ3v) is 5.60. The second-order valence-electron chi connectivity index (χ2n) is 6.54. The molecule has 0 atom stereocenters. The first kappa shape index (κ1) is 20.1. The zero-order valence-electron chi connectivity index (χ0n) is 15.8. The normalized spacial score (nSPS) is 14.7. The summed E-state index contributed by atoms with van der Waals surface area (Å²) < 4.78 is 5.08. The Hall–Kier alpha value is -2.68. The summed E-state index contributed by atoms with van der Waals surface area (Å²) >= 11 is 1.25. The molecule has 0 N–H and O–H groups in total. The number of nitrogens with zero attached hydrogens (tertiary/aromatic N) is 4. The van der Waals surface area contributed by atoms with Gasteiger partial charge in [0.2, 0.25) is 5.82 Å². The van der Waals surface area contributed by atoms with E-state index in [1.54, 1.807) is 6.92 Å². The van der Waals surface area contributed by atoms with E-state index in [1.807, 2.05) is 36.1 Å². The van der Waals surface area contributed by atoms with E-state index in [4.69, 9.17) is 4.74 Å². The summed E-state index contributed by atoms with van der Waals surface area (Å²) in [6.45, 7) is 5.14. The Morgan fingerprint density at radius 2 is 1.96 bits per heavy atom. The minimum Gasteiger partial charge on any atom is -0.466 e. The first-order chi connectivity index (χ1) is 13.5. The van der Waals surface area contributed by atoms with Crippen molar-refractivity contribution in [1.29, 1.82) is 0 Å². The van der Waals surface area contributed by atoms with Crippen LogP contribution in [-0.2, 0) is 9.53 Å². The highest BCUT2D eigenvalue weighted by molar-refractivity contribution is 7.99. The average Bonchev–Trinajstić information content (AvgIpc) is 2.69. The van der Waals surface area contributed by atoms with Gasteiger partial charge in [-0.15, -0.1) is 0 Å². The quantitative estimate of drug-likeness (QED) is 0.313. The molecule has 1 aliphatic rings. The van der Waals surface area contributed by atoms with Crippen molar-refractivity contribution in [2.75, 3.05) is 24.6 Å². The van der Waals surface area contributed by atoms with E-state index < -0.39 is 4.92 Å². The van der Waals surface area contributed by atoms with E-state index in [2.05, 4.69) is 9.97 Å². The van der Waals surface area contributed by atoms with Crippen LogP contribution < -0.4 is 4.90 Å². The predicted octanol–water partition coefficient (Wildman–Crippen LogP) is 3.62. The van der Waals surface area contributed by atoms with E-state index in [0.717, 1.165) is 10.5 Å². The van der Waals surface area contributed by atoms with E-state index in [0.29, 0.717) is 43.4 Å². The summed E-state index contributed by atoms with van der Waals surface area (Å²) in [7, 11) is 0. The van der Waals surface area contributed by atoms with Crippen LogP contribution in [0.1, 0.15) is 25.3 Å². The summed E-state index contributed by atoms with van der Waals surface area (Å²) in [6, 6.07) is 7.74. The van der Waals surface area contributed by atoms with Gasteiger partial charge in [0, 0.05) is 18.0 Å². The van der Waals surface area contributed by atoms with Gasteiger partial charge < -0.3 is 9.64 Å². The lowest BCUT2D eigenvalue weighted by atomic mass is 9.97. The molecule has 1 aromatic carbocycles. The Morgan fingerprint density at radius 3 is 2.57 bits per heavy atom. The van der Waals surface area contributed by atoms with Crippen molar-refractivity contribution in [2.45, 2.75) is 36.6 Å². The molecular formula is C19H22N4O4S. The fourth-order valence-corrected chi connectivity index (χ4v) is 3.98. The molecule has 3 rings (SSSR count). The van der Waals surface area contributed by atoms with Crippen LogP contribution in [0.4, 0.5) is 11.5 Å². The topological polar surface area (TPSA) is 98.5 Å². The molecule has 8 nitrogen and oxygen atoms in total. The van der Waals surface area contributed by atoms with Crippen molar-refractivity contribution >= 4 is 29.2 Å². The van der Waals surface area contributed by atoms with Gasteiger partial charge in [0.1, 0.15) is 6.33 Å². The number of aromatic nitrogens is 2. The largest absolute Gasteiger partial charge is 0.466 e. The summed E-state index contributed by atoms with van der Waals surface area (Å²) in [5, 5.41) is 12.1. The smallest absolute Gasteiger partial charge is 0.343 e. The molecular weight excluding hydrogens is 380 g/mol. The number of carbonyl (C=O) groups is 1. The lowest BCUT2D eigenvalue weighted by Gasteiger charge is -2.31. The molecule has 28 heavy (non-hydrogen) atoms. The van der Waals surface area contributed by atoms with E-state index in [9.17, 15) is 14.9 Å². The minimum absolute atomic E-state index is 0.0948. The molecule has 0 unspecified atom stereocenters. The second kappa shape index (κ2) is 9.01. The third-order valence-electron chi connectivity index (χ3n) is 4.60. The fourth-order valence-electron chi connectivity index (χ4n) is 3.12. The summed E-state index contributed by atoms with van der Waals surface area (Å²) in [5.74, 6) is -0.0645. The number of ether oxygens (including phenoxy) is 1. The van der Waals surface area contributed by atoms with Crippen molar-refractivity contribution in [1.82, 2.24) is 9.97 Å². The maximum absolute atomic E-state index is 11.9. The molecule has 2 aromatic rings. The number of anilines is 1. The number of piperidine rings is 1. The van der Waals surface area contributed by atoms with Crippen LogP contribution >= 0.6 is 11.8 Å². The molecule has 0 saturated carbocycles. The maximum atomic E-state index is 11.9. The fraction of sp³-hybridized carbons (Fsp3) is 0.421. The zero-order chi connectivity index (χ0) is 20.1. The summed E-state index contributed by atoms with van der Waals surface area (Å²) in [5.41, 5.74) is 1.02. The molecule has 0 amide bonds. The van der Waals surface area contributed by atoms with Gasteiger partial charge in [-0.05, 0) is 38.8 Å². The molecule has 0 spiro atoms. The Morgan fingerprint density at radius 1 is 1.29 bits per heavy atom. The number of benzene rings is 1. The highest BCUT2D eigenvalue weighted by Gasteiger charge is 2.32. The minimum atomic E-state index is -0.427. The predicted molar refractivity (Wildman–Crippen MR) is 106 cm³/mol. The van der Waals surface area contributed by atoms with Crippen LogP contribution in [0, 0.1) is 23.0 Å². The molecule has 1 aromatic heterocycles. The molecule has 0 aliphatic carbocycles. The molecule has 1 fully saturated rings. The van der Waals surface area contributed by atoms with Crippen LogP contribution in [0.25, 0.3) is 0 Å². The standard InChI is InChI=1S/C19H22N4O4S/c1-3-27-19(24)14-8-10-22(11-9-14)17-16(23(25)26)18(21-12-20-17)28-15-6-4-13(2)5-7-15/h4-7,12,14H,3,8-11H2,1-2H3. The maximum Gasteiger partial charge on any atom is 0.343 e. The van der Waals surface area contributed by atoms with Gasteiger partial charge in [-0.2, -0.15) is 0 Å². The van der Waals surface area contributed by atoms with Crippen molar-refractivity contribution in [3.05, 3.63) is 46.3 Å². The van der Waals surface area contributed by atoms with Gasteiger partial charge in [-0.3, -0.25) is 14.9 Å². The van der Waals surface area contributed by atoms with Gasteiger partial charge in [0.15, 0.2) is 5.03 Å². The van der Waals surface area contributed by atoms with E-state index in [1.165, 1.54) is 18.1 Å². The molecule has 148 valence electrons. The van der Waals surface area contributed by atoms with Crippen LogP contribution in [0.5, 0.6) is 0 Å². The van der Waals surface area contributed by atoms with Gasteiger partial charge in [-0.25, -0.2) is 9.97 Å². The Kier molecular flexibility index (Phi) is 6.45. The lowest BCUT2D eigenvalue weighted by molar-refractivity contribution is -0.387. The van der Waals surface area contributed by atoms with Gasteiger partial charge in [0.05, 0.1) is 17.4 Å². The molecule has 9 heteroatoms. The second-order valence-corrected chi connectivity index (χ2v) is 7.60. The lowest BCUT2D eigenvalue weighted by Crippen LogP contribution is -2.37. The highest BCUT2D eigenvalue weighted by Crippen LogP contribution is 2.39. The first-order valence-electron chi connectivity index (χ1n) is 9.15. The summed E-state index contributed by atoms with van der Waals surface area (Å²) in [6.07, 6.45) is 2.52. The average molecular weight is 402 g/mol. The molecule has 2 heterocycles. The number of esters is 1. The number of aryl methyl sites for hydroxylation is 1. The summed E-state index contributed by atoms with van der Waals surface area (Å²) in [4.78, 5) is 34.4. The molecule has 0 bridgehead atoms. The first-order valence-corrected chi connectivity index (χ1v) is 9.96. The number of rotatable bonds is 6. The van der Waals surface area contributed by atoms with Crippen LogP contribution in [0.15, 0.2) is 40.5 Å². The van der Waals surface area contributed by atoms with Crippen molar-refractivity contribution in [3.63, 3.8) is 0 Å². The SMILES string of the molecule is CCOC(=O)C1CCN(c2ncnc(Sc3ccc(C)cc3)c2[N+](=O)[O-])CC1. The molecule has 1 aliphatic heterocycles. The molecule has 1 saturated heterocycles. The third kappa shape index (κ3) is 4.59. The zero-order valence-corrected chi connectivity index (χ0v) is 16.6. The van der Waals surface area contributed by atoms with Crippen molar-refractivity contribution < 1.29 is 14.5 Å². The highest BCUT2D eigenvalue weighted by atomic mass is 32.2. The number of hydrogen-bond acceptors (Lipinski definition) is 8. The van der Waals surface area contributed by atoms with Gasteiger partial charge in [-0.1, -0.05) is 29.5 Å². The van der Waals surface area contributed by atoms with Crippen molar-refractivity contribution in [2.24, 2.45) is 5.92 Å². The Balaban J connectivity index is 1.81. The van der Waals surface area contributed by atoms with Gasteiger partial charge >= 0.3 is 11.7 Å². The van der Waals surface area contributed by atoms with E-state index in [-0.39, 0.29) is 17.6 Å². The van der Waals surface area contributed by atoms with Crippen LogP contribution in [0.3, 0.4) is 0 Å². The van der Waals surface area contributed by atoms with Crippen molar-refractivity contribution in [3.8, 4) is 0 Å². The monoisotopic (exact) mass is 402 g/mol. The Labute approximate surface area is 167 Å². The van der Waals surface area contributed by atoms with Gasteiger partial charge in [0.25, 0.3) is 0 Å². The number of hydrogen-bond donors (Lipinski definition) is 0. The van der Waals surface area contributed by atoms with E-state index >= 15 is 0 Å². The number of nitro groups is 1. The van der Waals surface area contributed by atoms with Crippen LogP contribution in [0.2, 0.25) is 0 Å². The molecule has 0 radical (unpaired) electrons. The van der Waals surface area contributed by atoms with Crippen LogP contribution in [-0.4, -0.2) is 40.6 Å².